The number of aromatic nitrogens is 3. The largest absolute Gasteiger partial charge is 0.442 e. The van der Waals surface area contributed by atoms with Crippen LogP contribution in [0.1, 0.15) is 47.1 Å². The molecule has 266 valence electrons. The number of hydrogen-bond donors (Lipinski definition) is 1. The lowest BCUT2D eigenvalue weighted by Gasteiger charge is -2.41. The highest BCUT2D eigenvalue weighted by Crippen LogP contribution is 2.41. The van der Waals surface area contributed by atoms with Gasteiger partial charge in [-0.3, -0.25) is 15.2 Å². The third-order valence-corrected chi connectivity index (χ3v) is 19.3. The third kappa shape index (κ3) is 7.98. The molecule has 3 heterocycles. The number of hydroxylamine groups is 1. The first kappa shape index (κ1) is 36.8. The van der Waals surface area contributed by atoms with E-state index >= 15 is 8.78 Å². The highest BCUT2D eigenvalue weighted by molar-refractivity contribution is 6.74. The summed E-state index contributed by atoms with van der Waals surface area (Å²) in [6.45, 7) is 23.0. The molecule has 10 nitrogen and oxygen atoms in total. The molecular weight excluding hydrogens is 665 g/mol. The number of benzene rings is 2. The Morgan fingerprint density at radius 3 is 2.06 bits per heavy atom. The number of anilines is 1. The monoisotopic (exact) mass is 713 g/mol. The van der Waals surface area contributed by atoms with Gasteiger partial charge in [-0.05, 0) is 66.6 Å². The molecule has 1 saturated heterocycles. The Bertz CT molecular complexity index is 1670. The number of nitrogens with zero attached hydrogens (tertiary/aromatic N) is 4. The SMILES string of the molecule is CC(C)(C)[Si](C)(C)OCC1(CO[Si](C)(C)C(C)(C)C)C=C(c2ccc(-c3ccc(N4C[C@H](Cn5ccnn5)OC4=O)cc3F)c(F)c2)NO1. The van der Waals surface area contributed by atoms with Crippen molar-refractivity contribution in [1.29, 1.82) is 0 Å². The van der Waals surface area contributed by atoms with Crippen LogP contribution in [0.2, 0.25) is 36.3 Å². The number of amides is 1. The maximum Gasteiger partial charge on any atom is 0.414 e. The molecule has 5 rings (SSSR count). The summed E-state index contributed by atoms with van der Waals surface area (Å²) >= 11 is 0. The second-order valence-corrected chi connectivity index (χ2v) is 25.6. The summed E-state index contributed by atoms with van der Waals surface area (Å²) in [6.07, 6.45) is 4.06. The first-order valence-electron chi connectivity index (χ1n) is 16.6. The topological polar surface area (TPSA) is 100.0 Å². The number of hydrogen-bond acceptors (Lipinski definition) is 8. The molecule has 0 saturated carbocycles. The van der Waals surface area contributed by atoms with E-state index in [9.17, 15) is 4.79 Å². The van der Waals surface area contributed by atoms with Gasteiger partial charge in [0.05, 0.1) is 43.9 Å². The first-order chi connectivity index (χ1) is 22.7. The summed E-state index contributed by atoms with van der Waals surface area (Å²) in [5.41, 5.74) is 3.67. The van der Waals surface area contributed by atoms with Crippen molar-refractivity contribution in [3.8, 4) is 11.1 Å². The standard InChI is InChI=1S/C35H49F2N5O5Si2/c1-33(2,3)48(7,8)44-22-35(23-45-49(9,10)34(4,5)6)19-31(39-47-35)24-11-13-27(29(36)17-24)28-14-12-25(18-30(28)37)42-21-26(46-32(42)43)20-41-16-15-38-40-41/h11-19,26,39H,20-23H2,1-10H3/t26-/m0/s1. The summed E-state index contributed by atoms with van der Waals surface area (Å²) in [5, 5.41) is 7.65. The second-order valence-electron chi connectivity index (χ2n) is 16.0. The Balaban J connectivity index is 1.36. The van der Waals surface area contributed by atoms with Crippen LogP contribution in [0.15, 0.2) is 54.9 Å². The zero-order valence-corrected chi connectivity index (χ0v) is 32.2. The number of cyclic esters (lactones) is 1. The number of rotatable bonds is 11. The van der Waals surface area contributed by atoms with Crippen molar-refractivity contribution in [2.45, 2.75) is 96.1 Å². The van der Waals surface area contributed by atoms with Crippen molar-refractivity contribution < 1.29 is 32.0 Å². The molecule has 0 radical (unpaired) electrons. The maximum absolute atomic E-state index is 15.7. The van der Waals surface area contributed by atoms with Gasteiger partial charge >= 0.3 is 6.09 Å². The molecule has 49 heavy (non-hydrogen) atoms. The summed E-state index contributed by atoms with van der Waals surface area (Å²) < 4.78 is 51.5. The van der Waals surface area contributed by atoms with Gasteiger partial charge in [0, 0.05) is 22.9 Å². The number of carbonyl (C=O) groups excluding carboxylic acids is 1. The number of nitrogens with one attached hydrogen (secondary N) is 1. The predicted octanol–water partition coefficient (Wildman–Crippen LogP) is 7.91. The van der Waals surface area contributed by atoms with Crippen molar-refractivity contribution in [3.05, 3.63) is 72.1 Å². The average Bonchev–Trinajstić information content (AvgIpc) is 3.75. The minimum atomic E-state index is -2.14. The fourth-order valence-electron chi connectivity index (χ4n) is 5.00. The van der Waals surface area contributed by atoms with Crippen LogP contribution in [0.25, 0.3) is 16.8 Å². The number of ether oxygens (including phenoxy) is 1. The highest BCUT2D eigenvalue weighted by atomic mass is 28.4. The highest BCUT2D eigenvalue weighted by Gasteiger charge is 2.46. The lowest BCUT2D eigenvalue weighted by atomic mass is 9.99. The van der Waals surface area contributed by atoms with Crippen LogP contribution < -0.4 is 10.4 Å². The Labute approximate surface area is 290 Å². The van der Waals surface area contributed by atoms with E-state index in [0.717, 1.165) is 0 Å². The molecule has 1 fully saturated rings. The fourth-order valence-corrected chi connectivity index (χ4v) is 7.08. The van der Waals surface area contributed by atoms with E-state index in [2.05, 4.69) is 83.5 Å². The molecule has 3 aromatic rings. The summed E-state index contributed by atoms with van der Waals surface area (Å²) in [5.74, 6) is -1.27. The molecule has 1 amide bonds. The van der Waals surface area contributed by atoms with Crippen molar-refractivity contribution >= 4 is 34.1 Å². The van der Waals surface area contributed by atoms with E-state index in [1.165, 1.54) is 29.3 Å². The minimum absolute atomic E-state index is 0.00170. The minimum Gasteiger partial charge on any atom is -0.442 e. The second kappa shape index (κ2) is 13.4. The normalized spacial score (nSPS) is 18.4. The van der Waals surface area contributed by atoms with Crippen LogP contribution in [0.5, 0.6) is 0 Å². The van der Waals surface area contributed by atoms with Crippen LogP contribution in [-0.2, 0) is 25.0 Å². The summed E-state index contributed by atoms with van der Waals surface area (Å²) in [6, 6.07) is 8.89. The van der Waals surface area contributed by atoms with Crippen LogP contribution in [0, 0.1) is 11.6 Å². The third-order valence-electron chi connectivity index (χ3n) is 10.3. The molecular formula is C35H49F2N5O5Si2. The smallest absolute Gasteiger partial charge is 0.414 e. The molecule has 1 atom stereocenters. The van der Waals surface area contributed by atoms with Crippen molar-refractivity contribution in [2.75, 3.05) is 24.7 Å². The molecule has 0 aliphatic carbocycles. The number of carbonyl (C=O) groups is 1. The maximum atomic E-state index is 15.7. The Morgan fingerprint density at radius 2 is 1.53 bits per heavy atom. The van der Waals surface area contributed by atoms with E-state index in [1.807, 2.05) is 6.08 Å². The van der Waals surface area contributed by atoms with E-state index in [0.29, 0.717) is 23.5 Å². The zero-order chi connectivity index (χ0) is 36.0. The van der Waals surface area contributed by atoms with Crippen molar-refractivity contribution in [2.24, 2.45) is 0 Å². The molecule has 0 unspecified atom stereocenters. The first-order valence-corrected chi connectivity index (χ1v) is 22.4. The van der Waals surface area contributed by atoms with Gasteiger partial charge in [0.2, 0.25) is 0 Å². The molecule has 2 aliphatic heterocycles. The van der Waals surface area contributed by atoms with Crippen LogP contribution in [-0.4, -0.2) is 69.2 Å². The summed E-state index contributed by atoms with van der Waals surface area (Å²) in [7, 11) is -4.27. The molecule has 2 aliphatic rings. The van der Waals surface area contributed by atoms with Gasteiger partial charge in [-0.25, -0.2) is 18.3 Å². The van der Waals surface area contributed by atoms with Crippen molar-refractivity contribution in [3.63, 3.8) is 0 Å². The van der Waals surface area contributed by atoms with Gasteiger partial charge in [-0.2, -0.15) is 0 Å². The number of halogens is 2. The van der Waals surface area contributed by atoms with E-state index in [4.69, 9.17) is 18.4 Å². The van der Waals surface area contributed by atoms with Gasteiger partial charge in [0.25, 0.3) is 0 Å². The molecule has 1 aromatic heterocycles. The summed E-state index contributed by atoms with van der Waals surface area (Å²) in [4.78, 5) is 20.1. The molecule has 0 bridgehead atoms. The Kier molecular flexibility index (Phi) is 10.0. The lowest BCUT2D eigenvalue weighted by Crippen LogP contribution is -2.51. The average molecular weight is 714 g/mol. The van der Waals surface area contributed by atoms with Gasteiger partial charge < -0.3 is 13.6 Å². The van der Waals surface area contributed by atoms with Crippen LogP contribution >= 0.6 is 0 Å². The lowest BCUT2D eigenvalue weighted by molar-refractivity contribution is -0.0864. The molecule has 1 N–H and O–H groups in total. The van der Waals surface area contributed by atoms with E-state index < -0.39 is 46.1 Å². The molecule has 0 spiro atoms. The van der Waals surface area contributed by atoms with Gasteiger partial charge in [-0.1, -0.05) is 58.9 Å². The zero-order valence-electron chi connectivity index (χ0n) is 30.2. The Hall–Kier alpha value is -3.44. The molecule has 14 heteroatoms. The van der Waals surface area contributed by atoms with Gasteiger partial charge in [-0.15, -0.1) is 5.10 Å². The van der Waals surface area contributed by atoms with E-state index in [-0.39, 0.29) is 41.0 Å². The Morgan fingerprint density at radius 1 is 0.939 bits per heavy atom. The quantitative estimate of drug-likeness (QED) is 0.200. The van der Waals surface area contributed by atoms with E-state index in [1.54, 1.807) is 29.1 Å². The predicted molar refractivity (Wildman–Crippen MR) is 191 cm³/mol. The molecule has 2 aromatic carbocycles. The van der Waals surface area contributed by atoms with Crippen molar-refractivity contribution in [1.82, 2.24) is 20.5 Å². The van der Waals surface area contributed by atoms with Gasteiger partial charge in [0.15, 0.2) is 22.2 Å². The van der Waals surface area contributed by atoms with Crippen LogP contribution in [0.3, 0.4) is 0 Å². The fraction of sp³-hybridized carbons (Fsp3) is 0.514. The van der Waals surface area contributed by atoms with Gasteiger partial charge in [0.1, 0.15) is 17.7 Å². The van der Waals surface area contributed by atoms with Crippen LogP contribution in [0.4, 0.5) is 19.3 Å².